The van der Waals surface area contributed by atoms with Crippen molar-refractivity contribution in [3.8, 4) is 0 Å². The van der Waals surface area contributed by atoms with E-state index in [1.165, 1.54) is 0 Å². The van der Waals surface area contributed by atoms with E-state index in [0.717, 1.165) is 6.92 Å². The maximum atomic E-state index is 9.00. The molecule has 0 saturated heterocycles. The van der Waals surface area contributed by atoms with Crippen molar-refractivity contribution in [3.63, 3.8) is 0 Å². The summed E-state index contributed by atoms with van der Waals surface area (Å²) in [4.78, 5) is 9.00. The van der Waals surface area contributed by atoms with E-state index in [4.69, 9.17) is 9.90 Å². The summed E-state index contributed by atoms with van der Waals surface area (Å²) >= 11 is 0. The number of aliphatic carboxylic acids is 1. The minimum Gasteiger partial charge on any atom is -0.481 e. The van der Waals surface area contributed by atoms with Crippen LogP contribution < -0.4 is 0 Å². The fourth-order valence-electron chi connectivity index (χ4n) is 0. The van der Waals surface area contributed by atoms with Gasteiger partial charge in [-0.25, -0.2) is 0 Å². The molecule has 0 aliphatic heterocycles. The van der Waals surface area contributed by atoms with Crippen LogP contribution in [0, 0.1) is 7.43 Å². The Morgan fingerprint density at radius 2 is 1.57 bits per heavy atom. The summed E-state index contributed by atoms with van der Waals surface area (Å²) in [5.41, 5.74) is 0. The molecule has 0 rings (SSSR count). The van der Waals surface area contributed by atoms with Crippen molar-refractivity contribution in [1.29, 1.82) is 0 Å². The standard InChI is InChI=1S/C2H4O2.CH3.H3P.Pd/c1-2(3)4;;;/h1H3,(H,3,4);2*1H3;/q;-1;;. The van der Waals surface area contributed by atoms with Gasteiger partial charge in [0.15, 0.2) is 0 Å². The van der Waals surface area contributed by atoms with Gasteiger partial charge in [-0.3, -0.25) is 4.79 Å². The van der Waals surface area contributed by atoms with Gasteiger partial charge in [0.25, 0.3) is 5.97 Å². The van der Waals surface area contributed by atoms with E-state index in [1.54, 1.807) is 0 Å². The first-order valence-corrected chi connectivity index (χ1v) is 0.928. The van der Waals surface area contributed by atoms with E-state index in [0.29, 0.717) is 0 Å². The van der Waals surface area contributed by atoms with Gasteiger partial charge in [0.2, 0.25) is 0 Å². The summed E-state index contributed by atoms with van der Waals surface area (Å²) in [7, 11) is 0. The molecule has 7 heavy (non-hydrogen) atoms. The summed E-state index contributed by atoms with van der Waals surface area (Å²) in [5, 5.41) is 7.42. The normalized spacial score (nSPS) is 3.57. The van der Waals surface area contributed by atoms with Gasteiger partial charge < -0.3 is 12.5 Å². The van der Waals surface area contributed by atoms with Crippen LogP contribution in [0.1, 0.15) is 6.92 Å². The molecular formula is C3H10O2PPd-. The van der Waals surface area contributed by atoms with Gasteiger partial charge in [-0.15, -0.1) is 0 Å². The van der Waals surface area contributed by atoms with E-state index in [9.17, 15) is 0 Å². The van der Waals surface area contributed by atoms with Crippen LogP contribution >= 0.6 is 9.90 Å². The summed E-state index contributed by atoms with van der Waals surface area (Å²) < 4.78 is 0. The third-order valence-corrected chi connectivity index (χ3v) is 0. The first kappa shape index (κ1) is 25.7. The topological polar surface area (TPSA) is 37.3 Å². The van der Waals surface area contributed by atoms with Gasteiger partial charge in [0, 0.05) is 27.3 Å². The number of hydrogen-bond acceptors (Lipinski definition) is 1. The van der Waals surface area contributed by atoms with E-state index in [1.807, 2.05) is 0 Å². The summed E-state index contributed by atoms with van der Waals surface area (Å²) in [6.45, 7) is 1.08. The molecule has 1 N–H and O–H groups in total. The minimum atomic E-state index is -0.833. The quantitative estimate of drug-likeness (QED) is 0.365. The second kappa shape index (κ2) is 16.0. The molecule has 0 spiro atoms. The van der Waals surface area contributed by atoms with Gasteiger partial charge >= 0.3 is 0 Å². The Balaban J connectivity index is -0.0000000150. The summed E-state index contributed by atoms with van der Waals surface area (Å²) in [6.07, 6.45) is 0. The van der Waals surface area contributed by atoms with Crippen molar-refractivity contribution in [2.24, 2.45) is 0 Å². The van der Waals surface area contributed by atoms with Crippen LogP contribution in [-0.2, 0) is 25.2 Å². The molecule has 0 aromatic rings. The van der Waals surface area contributed by atoms with Crippen molar-refractivity contribution in [3.05, 3.63) is 7.43 Å². The molecule has 0 aromatic heterocycles. The fourth-order valence-corrected chi connectivity index (χ4v) is 0. The number of carbonyl (C=O) groups is 1. The predicted octanol–water partition coefficient (Wildman–Crippen LogP) is 0.597. The molecular weight excluding hydrogens is 205 g/mol. The zero-order valence-electron chi connectivity index (χ0n) is 4.38. The molecule has 0 saturated carbocycles. The third-order valence-electron chi connectivity index (χ3n) is 0. The Morgan fingerprint density at radius 1 is 1.57 bits per heavy atom. The molecule has 0 amide bonds. The van der Waals surface area contributed by atoms with Crippen LogP contribution in [0.3, 0.4) is 0 Å². The molecule has 0 aliphatic rings. The number of carboxylic acids is 1. The van der Waals surface area contributed by atoms with Gasteiger partial charge in [0.1, 0.15) is 0 Å². The van der Waals surface area contributed by atoms with E-state index < -0.39 is 5.97 Å². The van der Waals surface area contributed by atoms with Crippen molar-refractivity contribution < 1.29 is 30.3 Å². The molecule has 1 atom stereocenters. The molecule has 0 aromatic carbocycles. The van der Waals surface area contributed by atoms with Crippen LogP contribution in [0.5, 0.6) is 0 Å². The first-order valence-electron chi connectivity index (χ1n) is 0.928. The van der Waals surface area contributed by atoms with Gasteiger partial charge in [-0.1, -0.05) is 0 Å². The second-order valence-corrected chi connectivity index (χ2v) is 0.519. The average Bonchev–Trinajstić information content (AvgIpc) is 0.811. The van der Waals surface area contributed by atoms with Crippen LogP contribution in [0.2, 0.25) is 0 Å². The largest absolute Gasteiger partial charge is 0.481 e. The second-order valence-electron chi connectivity index (χ2n) is 0.519. The molecule has 2 nitrogen and oxygen atoms in total. The van der Waals surface area contributed by atoms with Crippen molar-refractivity contribution in [2.75, 3.05) is 0 Å². The average molecular weight is 216 g/mol. The van der Waals surface area contributed by atoms with Crippen LogP contribution in [0.25, 0.3) is 0 Å². The first-order chi connectivity index (χ1) is 1.73. The number of hydrogen-bond donors (Lipinski definition) is 1. The van der Waals surface area contributed by atoms with Crippen molar-refractivity contribution in [1.82, 2.24) is 0 Å². The number of rotatable bonds is 0. The maximum Gasteiger partial charge on any atom is 0.300 e. The number of carboxylic acid groups (broad SMARTS) is 1. The van der Waals surface area contributed by atoms with Crippen molar-refractivity contribution >= 4 is 15.9 Å². The molecule has 0 bridgehead atoms. The fraction of sp³-hybridized carbons (Fsp3) is 0.333. The monoisotopic (exact) mass is 215 g/mol. The Labute approximate surface area is 61.0 Å². The smallest absolute Gasteiger partial charge is 0.300 e. The zero-order chi connectivity index (χ0) is 3.58. The molecule has 0 radical (unpaired) electrons. The van der Waals surface area contributed by atoms with E-state index in [-0.39, 0.29) is 37.7 Å². The molecule has 0 heterocycles. The molecule has 0 aliphatic carbocycles. The summed E-state index contributed by atoms with van der Waals surface area (Å²) in [6, 6.07) is 0. The Hall–Kier alpha value is 0.562. The molecule has 50 valence electrons. The molecule has 1 unspecified atom stereocenters. The molecule has 0 fully saturated rings. The van der Waals surface area contributed by atoms with Crippen LogP contribution in [-0.4, -0.2) is 11.1 Å². The third kappa shape index (κ3) is 432. The van der Waals surface area contributed by atoms with Gasteiger partial charge in [-0.2, -0.15) is 9.90 Å². The van der Waals surface area contributed by atoms with Crippen LogP contribution in [0.15, 0.2) is 0 Å². The summed E-state index contributed by atoms with van der Waals surface area (Å²) in [5.74, 6) is -0.833. The SMILES string of the molecule is CC(=O)O.P.[CH3-].[Pd]. The Morgan fingerprint density at radius 3 is 1.57 bits per heavy atom. The molecule has 4 heteroatoms. The predicted molar refractivity (Wildman–Crippen MR) is 30.8 cm³/mol. The van der Waals surface area contributed by atoms with Gasteiger partial charge in [-0.05, 0) is 0 Å². The Bertz CT molecular complexity index is 35.9. The zero-order valence-corrected chi connectivity index (χ0v) is 7.35. The van der Waals surface area contributed by atoms with Crippen molar-refractivity contribution in [2.45, 2.75) is 6.92 Å². The minimum absolute atomic E-state index is 0. The van der Waals surface area contributed by atoms with E-state index in [2.05, 4.69) is 0 Å². The van der Waals surface area contributed by atoms with Gasteiger partial charge in [0.05, 0.1) is 0 Å². The Kier molecular flexibility index (Phi) is 58.7. The van der Waals surface area contributed by atoms with Crippen LogP contribution in [0.4, 0.5) is 0 Å². The maximum absolute atomic E-state index is 9.00. The van der Waals surface area contributed by atoms with E-state index >= 15 is 0 Å².